The van der Waals surface area contributed by atoms with Gasteiger partial charge in [0.15, 0.2) is 0 Å². The maximum Gasteiger partial charge on any atom is 0.271 e. The molecule has 5 heteroatoms. The van der Waals surface area contributed by atoms with Crippen molar-refractivity contribution in [2.45, 2.75) is 13.5 Å². The molecule has 0 N–H and O–H groups in total. The van der Waals surface area contributed by atoms with Gasteiger partial charge in [0.05, 0.1) is 11.8 Å². The number of hydrogen-bond acceptors (Lipinski definition) is 4. The fourth-order valence-electron chi connectivity index (χ4n) is 1.45. The molecule has 2 rings (SSSR count). The smallest absolute Gasteiger partial charge is 0.271 e. The number of thiol groups is 1. The van der Waals surface area contributed by atoms with Crippen LogP contribution in [-0.4, -0.2) is 15.3 Å². The second kappa shape index (κ2) is 4.84. The number of aromatic nitrogens is 2. The summed E-state index contributed by atoms with van der Waals surface area (Å²) in [4.78, 5) is 16.3. The minimum atomic E-state index is 0.0342. The fraction of sp³-hybridized carbons (Fsp3) is 0.273. The normalized spacial score (nSPS) is 11.6. The number of allylic oxidation sites excluding steroid dienone is 1. The maximum atomic E-state index is 12.0. The molecule has 0 spiro atoms. The SMILES string of the molecule is Cc1csc2c(=O)n(C/C=C/CS)cnc12. The van der Waals surface area contributed by atoms with Crippen LogP contribution >= 0.6 is 24.0 Å². The largest absolute Gasteiger partial charge is 0.294 e. The number of nitrogens with zero attached hydrogens (tertiary/aromatic N) is 2. The van der Waals surface area contributed by atoms with E-state index in [1.54, 1.807) is 10.9 Å². The third-order valence-electron chi connectivity index (χ3n) is 2.30. The number of thiophene rings is 1. The Balaban J connectivity index is 2.45. The average molecular weight is 252 g/mol. The topological polar surface area (TPSA) is 34.9 Å². The highest BCUT2D eigenvalue weighted by Crippen LogP contribution is 2.19. The lowest BCUT2D eigenvalue weighted by atomic mass is 10.3. The zero-order valence-electron chi connectivity index (χ0n) is 8.88. The molecule has 0 aliphatic heterocycles. The second-order valence-electron chi connectivity index (χ2n) is 3.45. The summed E-state index contributed by atoms with van der Waals surface area (Å²) in [5.41, 5.74) is 1.92. The van der Waals surface area contributed by atoms with Crippen LogP contribution in [0.4, 0.5) is 0 Å². The summed E-state index contributed by atoms with van der Waals surface area (Å²) in [6.45, 7) is 2.52. The van der Waals surface area contributed by atoms with Gasteiger partial charge in [0.25, 0.3) is 5.56 Å². The average Bonchev–Trinajstić information content (AvgIpc) is 2.65. The van der Waals surface area contributed by atoms with Gasteiger partial charge in [0, 0.05) is 12.3 Å². The monoisotopic (exact) mass is 252 g/mol. The van der Waals surface area contributed by atoms with Gasteiger partial charge in [-0.1, -0.05) is 12.2 Å². The van der Waals surface area contributed by atoms with Crippen molar-refractivity contribution in [2.75, 3.05) is 5.75 Å². The van der Waals surface area contributed by atoms with E-state index in [0.29, 0.717) is 12.3 Å². The third kappa shape index (κ3) is 2.05. The Kier molecular flexibility index (Phi) is 3.46. The molecule has 2 heterocycles. The van der Waals surface area contributed by atoms with Crippen LogP contribution in [0.1, 0.15) is 5.56 Å². The van der Waals surface area contributed by atoms with Crippen molar-refractivity contribution in [1.82, 2.24) is 9.55 Å². The van der Waals surface area contributed by atoms with Gasteiger partial charge < -0.3 is 0 Å². The van der Waals surface area contributed by atoms with Gasteiger partial charge >= 0.3 is 0 Å². The Labute approximate surface area is 103 Å². The highest BCUT2D eigenvalue weighted by molar-refractivity contribution is 7.80. The van der Waals surface area contributed by atoms with Gasteiger partial charge in [-0.05, 0) is 17.9 Å². The zero-order chi connectivity index (χ0) is 11.5. The molecule has 0 radical (unpaired) electrons. The van der Waals surface area contributed by atoms with Crippen molar-refractivity contribution >= 4 is 34.2 Å². The molecule has 0 amide bonds. The Bertz CT molecular complexity index is 583. The predicted molar refractivity (Wildman–Crippen MR) is 71.6 cm³/mol. The molecular weight excluding hydrogens is 240 g/mol. The first-order valence-corrected chi connectivity index (χ1v) is 6.44. The zero-order valence-corrected chi connectivity index (χ0v) is 10.6. The fourth-order valence-corrected chi connectivity index (χ4v) is 2.55. The third-order valence-corrected chi connectivity index (χ3v) is 3.58. The number of aryl methyl sites for hydroxylation is 1. The van der Waals surface area contributed by atoms with Crippen molar-refractivity contribution < 1.29 is 0 Å². The molecule has 2 aromatic rings. The predicted octanol–water partition coefficient (Wildman–Crippen LogP) is 2.25. The highest BCUT2D eigenvalue weighted by atomic mass is 32.1. The quantitative estimate of drug-likeness (QED) is 0.671. The minimum Gasteiger partial charge on any atom is -0.294 e. The first-order chi connectivity index (χ1) is 7.74. The summed E-state index contributed by atoms with van der Waals surface area (Å²) < 4.78 is 2.34. The van der Waals surface area contributed by atoms with Crippen LogP contribution in [-0.2, 0) is 6.54 Å². The van der Waals surface area contributed by atoms with Crippen molar-refractivity contribution in [3.63, 3.8) is 0 Å². The van der Waals surface area contributed by atoms with Gasteiger partial charge in [0.1, 0.15) is 4.70 Å². The first kappa shape index (κ1) is 11.4. The van der Waals surface area contributed by atoms with Crippen LogP contribution in [0.25, 0.3) is 10.2 Å². The van der Waals surface area contributed by atoms with E-state index in [9.17, 15) is 4.79 Å². The van der Waals surface area contributed by atoms with Crippen molar-refractivity contribution in [3.8, 4) is 0 Å². The van der Waals surface area contributed by atoms with E-state index < -0.39 is 0 Å². The molecular formula is C11H12N2OS2. The van der Waals surface area contributed by atoms with Crippen LogP contribution < -0.4 is 5.56 Å². The number of fused-ring (bicyclic) bond motifs is 1. The molecule has 0 bridgehead atoms. The van der Waals surface area contributed by atoms with Crippen molar-refractivity contribution in [3.05, 3.63) is 39.8 Å². The summed E-state index contributed by atoms with van der Waals surface area (Å²) in [7, 11) is 0. The molecule has 0 saturated heterocycles. The van der Waals surface area contributed by atoms with Crippen molar-refractivity contribution in [2.24, 2.45) is 0 Å². The maximum absolute atomic E-state index is 12.0. The molecule has 2 aromatic heterocycles. The van der Waals surface area contributed by atoms with Gasteiger partial charge in [-0.2, -0.15) is 12.6 Å². The summed E-state index contributed by atoms with van der Waals surface area (Å²) in [6, 6.07) is 0. The lowest BCUT2D eigenvalue weighted by Gasteiger charge is -2.00. The molecule has 0 fully saturated rings. The van der Waals surface area contributed by atoms with Crippen LogP contribution in [0, 0.1) is 6.92 Å². The summed E-state index contributed by atoms with van der Waals surface area (Å²) >= 11 is 5.53. The highest BCUT2D eigenvalue weighted by Gasteiger charge is 2.06. The Morgan fingerprint density at radius 2 is 2.38 bits per heavy atom. The lowest BCUT2D eigenvalue weighted by Crippen LogP contribution is -2.18. The molecule has 0 aliphatic rings. The van der Waals surface area contributed by atoms with E-state index in [4.69, 9.17) is 0 Å². The Morgan fingerprint density at radius 3 is 3.12 bits per heavy atom. The van der Waals surface area contributed by atoms with E-state index >= 15 is 0 Å². The molecule has 16 heavy (non-hydrogen) atoms. The van der Waals surface area contributed by atoms with E-state index in [-0.39, 0.29) is 5.56 Å². The summed E-state index contributed by atoms with van der Waals surface area (Å²) in [5.74, 6) is 0.683. The van der Waals surface area contributed by atoms with E-state index in [2.05, 4.69) is 17.6 Å². The lowest BCUT2D eigenvalue weighted by molar-refractivity contribution is 0.767. The van der Waals surface area contributed by atoms with Crippen molar-refractivity contribution in [1.29, 1.82) is 0 Å². The molecule has 3 nitrogen and oxygen atoms in total. The molecule has 84 valence electrons. The first-order valence-electron chi connectivity index (χ1n) is 4.93. The molecule has 0 unspecified atom stereocenters. The second-order valence-corrected chi connectivity index (χ2v) is 4.70. The van der Waals surface area contributed by atoms with Gasteiger partial charge in [-0.25, -0.2) is 4.98 Å². The molecule has 0 aromatic carbocycles. The standard InChI is InChI=1S/C11H12N2OS2/c1-8-6-16-10-9(8)12-7-13(11(10)14)4-2-3-5-15/h2-3,6-7,15H,4-5H2,1H3/b3-2+. The Hall–Kier alpha value is -1.07. The van der Waals surface area contributed by atoms with Gasteiger partial charge in [-0.15, -0.1) is 11.3 Å². The van der Waals surface area contributed by atoms with E-state index in [0.717, 1.165) is 15.8 Å². The number of rotatable bonds is 3. The van der Waals surface area contributed by atoms with Crippen LogP contribution in [0.2, 0.25) is 0 Å². The van der Waals surface area contributed by atoms with Crippen LogP contribution in [0.5, 0.6) is 0 Å². The summed E-state index contributed by atoms with van der Waals surface area (Å²) in [6.07, 6.45) is 5.44. The Morgan fingerprint density at radius 1 is 1.56 bits per heavy atom. The molecule has 0 atom stereocenters. The molecule has 0 saturated carbocycles. The number of hydrogen-bond donors (Lipinski definition) is 1. The molecule has 0 aliphatic carbocycles. The summed E-state index contributed by atoms with van der Waals surface area (Å²) in [5, 5.41) is 1.97. The van der Waals surface area contributed by atoms with Gasteiger partial charge in [0.2, 0.25) is 0 Å². The van der Waals surface area contributed by atoms with Crippen LogP contribution in [0.15, 0.2) is 28.7 Å². The minimum absolute atomic E-state index is 0.0342. The van der Waals surface area contributed by atoms with E-state index in [1.165, 1.54) is 11.3 Å². The van der Waals surface area contributed by atoms with E-state index in [1.807, 2.05) is 24.5 Å². The van der Waals surface area contributed by atoms with Gasteiger partial charge in [-0.3, -0.25) is 9.36 Å². The van der Waals surface area contributed by atoms with Crippen LogP contribution in [0.3, 0.4) is 0 Å².